The summed E-state index contributed by atoms with van der Waals surface area (Å²) in [5, 5.41) is 11.9. The Morgan fingerprint density at radius 3 is 2.28 bits per heavy atom. The summed E-state index contributed by atoms with van der Waals surface area (Å²) in [5.41, 5.74) is 0.875. The second kappa shape index (κ2) is 8.32. The third-order valence-electron chi connectivity index (χ3n) is 4.62. The first-order valence-corrected chi connectivity index (χ1v) is 10.9. The monoisotopic (exact) mass is 430 g/mol. The Bertz CT molecular complexity index is 1070. The molecule has 0 unspecified atom stereocenters. The summed E-state index contributed by atoms with van der Waals surface area (Å²) in [7, 11) is -3.62. The van der Waals surface area contributed by atoms with Gasteiger partial charge in [-0.25, -0.2) is 8.42 Å². The van der Waals surface area contributed by atoms with Gasteiger partial charge in [0, 0.05) is 44.3 Å². The number of anilines is 3. The molecule has 0 saturated carbocycles. The topological polar surface area (TPSA) is 91.3 Å². The van der Waals surface area contributed by atoms with Crippen LogP contribution in [0, 0.1) is 0 Å². The molecule has 0 aliphatic carbocycles. The fraction of sp³-hybridized carbons (Fsp3) is 0.211. The molecule has 1 aliphatic heterocycles. The Labute approximate surface area is 174 Å². The zero-order valence-electron chi connectivity index (χ0n) is 15.4. The zero-order valence-corrected chi connectivity index (χ0v) is 17.0. The largest absolute Gasteiger partial charge is 0.352 e. The van der Waals surface area contributed by atoms with Crippen LogP contribution < -0.4 is 10.2 Å². The molecule has 10 heteroatoms. The van der Waals surface area contributed by atoms with E-state index in [-0.39, 0.29) is 9.92 Å². The van der Waals surface area contributed by atoms with Crippen molar-refractivity contribution in [2.75, 3.05) is 36.4 Å². The minimum absolute atomic E-state index is 0.140. The predicted octanol–water partition coefficient (Wildman–Crippen LogP) is 2.78. The van der Waals surface area contributed by atoms with Gasteiger partial charge in [0.15, 0.2) is 11.6 Å². The molecule has 1 fully saturated rings. The Kier molecular flexibility index (Phi) is 5.61. The van der Waals surface area contributed by atoms with Crippen LogP contribution in [0.25, 0.3) is 0 Å². The molecule has 1 aliphatic rings. The average Bonchev–Trinajstić information content (AvgIpc) is 2.75. The summed E-state index contributed by atoms with van der Waals surface area (Å²) < 4.78 is 27.2. The van der Waals surface area contributed by atoms with Crippen LogP contribution in [0.2, 0.25) is 5.02 Å². The van der Waals surface area contributed by atoms with E-state index in [1.165, 1.54) is 10.4 Å². The lowest BCUT2D eigenvalue weighted by Gasteiger charge is -2.34. The molecule has 3 heterocycles. The molecule has 4 rings (SSSR count). The maximum Gasteiger partial charge on any atom is 0.244 e. The Hall–Kier alpha value is -2.75. The molecule has 1 saturated heterocycles. The molecule has 1 aromatic carbocycles. The molecular formula is C19H19ClN6O2S. The van der Waals surface area contributed by atoms with Crippen LogP contribution in [0.15, 0.2) is 65.8 Å². The minimum atomic E-state index is -3.62. The lowest BCUT2D eigenvalue weighted by Crippen LogP contribution is -2.49. The van der Waals surface area contributed by atoms with Gasteiger partial charge in [0.2, 0.25) is 10.0 Å². The molecule has 2 aromatic heterocycles. The van der Waals surface area contributed by atoms with Crippen molar-refractivity contribution in [2.24, 2.45) is 0 Å². The summed E-state index contributed by atoms with van der Waals surface area (Å²) in [6, 6.07) is 13.9. The van der Waals surface area contributed by atoms with E-state index >= 15 is 0 Å². The fourth-order valence-corrected chi connectivity index (χ4v) is 5.01. The first kappa shape index (κ1) is 19.6. The predicted molar refractivity (Wildman–Crippen MR) is 112 cm³/mol. The molecule has 0 spiro atoms. The van der Waals surface area contributed by atoms with E-state index in [9.17, 15) is 8.42 Å². The number of piperazine rings is 1. The second-order valence-electron chi connectivity index (χ2n) is 6.46. The number of nitrogens with zero attached hydrogens (tertiary/aromatic N) is 5. The van der Waals surface area contributed by atoms with Gasteiger partial charge in [-0.2, -0.15) is 4.31 Å². The van der Waals surface area contributed by atoms with Crippen molar-refractivity contribution in [3.63, 3.8) is 0 Å². The highest BCUT2D eigenvalue weighted by Crippen LogP contribution is 2.26. The number of nitrogens with one attached hydrogen (secondary N) is 1. The van der Waals surface area contributed by atoms with Crippen molar-refractivity contribution < 1.29 is 8.42 Å². The highest BCUT2D eigenvalue weighted by atomic mass is 35.5. The van der Waals surface area contributed by atoms with Gasteiger partial charge in [-0.1, -0.05) is 23.7 Å². The fourth-order valence-electron chi connectivity index (χ4n) is 3.09. The van der Waals surface area contributed by atoms with Gasteiger partial charge in [-0.15, -0.1) is 10.2 Å². The lowest BCUT2D eigenvalue weighted by molar-refractivity contribution is 0.383. The number of halogens is 1. The van der Waals surface area contributed by atoms with E-state index in [0.29, 0.717) is 37.8 Å². The molecule has 0 atom stereocenters. The molecular weight excluding hydrogens is 412 g/mol. The van der Waals surface area contributed by atoms with Crippen molar-refractivity contribution >= 4 is 38.9 Å². The number of hydrogen-bond donors (Lipinski definition) is 1. The molecule has 3 aromatic rings. The Morgan fingerprint density at radius 1 is 0.897 bits per heavy atom. The number of hydrogen-bond acceptors (Lipinski definition) is 7. The van der Waals surface area contributed by atoms with E-state index < -0.39 is 10.0 Å². The van der Waals surface area contributed by atoms with Crippen LogP contribution in [0.5, 0.6) is 0 Å². The van der Waals surface area contributed by atoms with Crippen LogP contribution in [0.4, 0.5) is 17.3 Å². The number of pyridine rings is 1. The highest BCUT2D eigenvalue weighted by molar-refractivity contribution is 7.89. The van der Waals surface area contributed by atoms with E-state index in [2.05, 4.69) is 20.5 Å². The van der Waals surface area contributed by atoms with Gasteiger partial charge in [0.05, 0.1) is 5.02 Å². The maximum atomic E-state index is 12.9. The smallest absolute Gasteiger partial charge is 0.244 e. The van der Waals surface area contributed by atoms with Crippen molar-refractivity contribution in [3.05, 3.63) is 65.9 Å². The van der Waals surface area contributed by atoms with Crippen molar-refractivity contribution in [3.8, 4) is 0 Å². The van der Waals surface area contributed by atoms with E-state index in [0.717, 1.165) is 5.69 Å². The third kappa shape index (κ3) is 4.31. The average molecular weight is 431 g/mol. The number of benzene rings is 1. The summed E-state index contributed by atoms with van der Waals surface area (Å²) in [5.74, 6) is 1.33. The van der Waals surface area contributed by atoms with Crippen LogP contribution in [-0.4, -0.2) is 54.1 Å². The maximum absolute atomic E-state index is 12.9. The highest BCUT2D eigenvalue weighted by Gasteiger charge is 2.30. The first-order chi connectivity index (χ1) is 14.0. The van der Waals surface area contributed by atoms with Crippen molar-refractivity contribution in [2.45, 2.75) is 4.90 Å². The summed E-state index contributed by atoms with van der Waals surface area (Å²) in [6.45, 7) is 1.75. The van der Waals surface area contributed by atoms with Gasteiger partial charge in [-0.05, 0) is 36.4 Å². The van der Waals surface area contributed by atoms with Crippen molar-refractivity contribution in [1.29, 1.82) is 0 Å². The second-order valence-corrected chi connectivity index (χ2v) is 8.77. The van der Waals surface area contributed by atoms with Gasteiger partial charge in [-0.3, -0.25) is 4.98 Å². The quantitative estimate of drug-likeness (QED) is 0.665. The molecule has 0 bridgehead atoms. The van der Waals surface area contributed by atoms with Crippen LogP contribution in [0.1, 0.15) is 0 Å². The number of rotatable bonds is 5. The SMILES string of the molecule is O=S(=O)(c1ccccc1Cl)N1CCN(c2ccc(Nc3ccncc3)nn2)CC1. The molecule has 150 valence electrons. The van der Waals surface area contributed by atoms with Gasteiger partial charge < -0.3 is 10.2 Å². The van der Waals surface area contributed by atoms with Gasteiger partial charge in [0.25, 0.3) is 0 Å². The molecule has 0 radical (unpaired) electrons. The van der Waals surface area contributed by atoms with Crippen LogP contribution in [-0.2, 0) is 10.0 Å². The van der Waals surface area contributed by atoms with Crippen molar-refractivity contribution in [1.82, 2.24) is 19.5 Å². The van der Waals surface area contributed by atoms with E-state index in [4.69, 9.17) is 11.6 Å². The van der Waals surface area contributed by atoms with E-state index in [1.54, 1.807) is 30.6 Å². The Morgan fingerprint density at radius 2 is 1.62 bits per heavy atom. The number of aromatic nitrogens is 3. The first-order valence-electron chi connectivity index (χ1n) is 9.04. The summed E-state index contributed by atoms with van der Waals surface area (Å²) in [6.07, 6.45) is 3.39. The molecule has 29 heavy (non-hydrogen) atoms. The van der Waals surface area contributed by atoms with Gasteiger partial charge >= 0.3 is 0 Å². The summed E-state index contributed by atoms with van der Waals surface area (Å²) >= 11 is 6.08. The zero-order chi connectivity index (χ0) is 20.3. The van der Waals surface area contributed by atoms with E-state index in [1.807, 2.05) is 29.2 Å². The standard InChI is InChI=1S/C19H19ClN6O2S/c20-16-3-1-2-4-17(16)29(27,28)26-13-11-25(12-14-26)19-6-5-18(23-24-19)22-15-7-9-21-10-8-15/h1-10H,11-14H2,(H,21,22,23). The molecule has 1 N–H and O–H groups in total. The minimum Gasteiger partial charge on any atom is -0.352 e. The van der Waals surface area contributed by atoms with Crippen LogP contribution in [0.3, 0.4) is 0 Å². The molecule has 8 nitrogen and oxygen atoms in total. The lowest BCUT2D eigenvalue weighted by atomic mass is 10.3. The normalized spacial score (nSPS) is 15.3. The summed E-state index contributed by atoms with van der Waals surface area (Å²) in [4.78, 5) is 6.13. The molecule has 0 amide bonds. The van der Waals surface area contributed by atoms with Gasteiger partial charge in [0.1, 0.15) is 4.90 Å². The Balaban J connectivity index is 1.40. The van der Waals surface area contributed by atoms with Crippen LogP contribution >= 0.6 is 11.6 Å². The number of sulfonamides is 1. The third-order valence-corrected chi connectivity index (χ3v) is 7.02.